The summed E-state index contributed by atoms with van der Waals surface area (Å²) in [7, 11) is 1.39. The Hall–Kier alpha value is -1.88. The van der Waals surface area contributed by atoms with Crippen LogP contribution in [0.2, 0.25) is 0 Å². The van der Waals surface area contributed by atoms with Crippen LogP contribution in [0, 0.1) is 19.7 Å². The number of thioether (sulfide) groups is 1. The quantitative estimate of drug-likeness (QED) is 0.622. The minimum atomic E-state index is -0.530. The number of hydrogen-bond donors (Lipinski definition) is 0. The maximum absolute atomic E-state index is 13.6. The Balaban J connectivity index is 2.06. The molecule has 0 fully saturated rings. The standard InChI is InChI=1S/C16H16FNO2S/c1-10-6-11(2)18-16(7-10)21-9-14(19)12-4-5-15(20-3)13(17)8-12/h4-8H,9H2,1-3H3. The predicted octanol–water partition coefficient (Wildman–Crippen LogP) is 3.82. The number of rotatable bonds is 5. The van der Waals surface area contributed by atoms with Crippen molar-refractivity contribution < 1.29 is 13.9 Å². The van der Waals surface area contributed by atoms with E-state index in [1.807, 2.05) is 26.0 Å². The zero-order valence-corrected chi connectivity index (χ0v) is 13.0. The molecule has 1 aromatic carbocycles. The third-order valence-corrected chi connectivity index (χ3v) is 3.81. The van der Waals surface area contributed by atoms with Gasteiger partial charge in [0, 0.05) is 11.3 Å². The second-order valence-corrected chi connectivity index (χ2v) is 5.68. The van der Waals surface area contributed by atoms with Crippen LogP contribution in [-0.2, 0) is 0 Å². The molecule has 0 amide bonds. The number of nitrogens with zero attached hydrogens (tertiary/aromatic N) is 1. The van der Waals surface area contributed by atoms with Crippen molar-refractivity contribution in [1.82, 2.24) is 4.98 Å². The SMILES string of the molecule is COc1ccc(C(=O)CSc2cc(C)cc(C)n2)cc1F. The van der Waals surface area contributed by atoms with Crippen molar-refractivity contribution >= 4 is 17.5 Å². The molecule has 0 atom stereocenters. The largest absolute Gasteiger partial charge is 0.494 e. The Morgan fingerprint density at radius 1 is 1.29 bits per heavy atom. The Morgan fingerprint density at radius 3 is 2.67 bits per heavy atom. The maximum Gasteiger partial charge on any atom is 0.173 e. The van der Waals surface area contributed by atoms with Crippen molar-refractivity contribution in [3.63, 3.8) is 0 Å². The summed E-state index contributed by atoms with van der Waals surface area (Å²) >= 11 is 1.35. The molecule has 0 bridgehead atoms. The van der Waals surface area contributed by atoms with E-state index < -0.39 is 5.82 Å². The highest BCUT2D eigenvalue weighted by molar-refractivity contribution is 7.99. The number of benzene rings is 1. The lowest BCUT2D eigenvalue weighted by Gasteiger charge is -2.05. The molecule has 0 unspecified atom stereocenters. The van der Waals surface area contributed by atoms with E-state index in [-0.39, 0.29) is 17.3 Å². The number of Topliss-reactive ketones (excluding diaryl/α,β-unsaturated/α-hetero) is 1. The molecule has 0 radical (unpaired) electrons. The minimum absolute atomic E-state index is 0.134. The van der Waals surface area contributed by atoms with Gasteiger partial charge in [-0.1, -0.05) is 11.8 Å². The highest BCUT2D eigenvalue weighted by atomic mass is 32.2. The van der Waals surface area contributed by atoms with Gasteiger partial charge in [-0.3, -0.25) is 4.79 Å². The number of ether oxygens (including phenoxy) is 1. The van der Waals surface area contributed by atoms with Crippen LogP contribution in [0.4, 0.5) is 4.39 Å². The molecule has 3 nitrogen and oxygen atoms in total. The zero-order valence-electron chi connectivity index (χ0n) is 12.1. The average molecular weight is 305 g/mol. The zero-order chi connectivity index (χ0) is 15.4. The second-order valence-electron chi connectivity index (χ2n) is 4.69. The molecule has 1 aromatic heterocycles. The molecule has 5 heteroatoms. The van der Waals surface area contributed by atoms with Gasteiger partial charge in [-0.2, -0.15) is 0 Å². The van der Waals surface area contributed by atoms with Gasteiger partial charge in [0.2, 0.25) is 0 Å². The van der Waals surface area contributed by atoms with E-state index in [4.69, 9.17) is 4.74 Å². The second kappa shape index (κ2) is 6.72. The molecule has 21 heavy (non-hydrogen) atoms. The first-order valence-corrected chi connectivity index (χ1v) is 7.43. The molecule has 0 aliphatic rings. The fourth-order valence-corrected chi connectivity index (χ4v) is 2.86. The molecular weight excluding hydrogens is 289 g/mol. The lowest BCUT2D eigenvalue weighted by molar-refractivity contribution is 0.102. The molecule has 2 rings (SSSR count). The Morgan fingerprint density at radius 2 is 2.05 bits per heavy atom. The number of aryl methyl sites for hydroxylation is 2. The molecule has 0 saturated heterocycles. The van der Waals surface area contributed by atoms with Crippen molar-refractivity contribution in [3.8, 4) is 5.75 Å². The molecule has 0 aliphatic carbocycles. The summed E-state index contributed by atoms with van der Waals surface area (Å²) in [6, 6.07) is 8.14. The van der Waals surface area contributed by atoms with Crippen LogP contribution in [0.15, 0.2) is 35.4 Å². The van der Waals surface area contributed by atoms with Crippen molar-refractivity contribution in [3.05, 3.63) is 53.0 Å². The van der Waals surface area contributed by atoms with Crippen LogP contribution < -0.4 is 4.74 Å². The highest BCUT2D eigenvalue weighted by Gasteiger charge is 2.11. The van der Waals surface area contributed by atoms with Crippen LogP contribution in [-0.4, -0.2) is 23.6 Å². The van der Waals surface area contributed by atoms with Crippen molar-refractivity contribution in [1.29, 1.82) is 0 Å². The van der Waals surface area contributed by atoms with Crippen LogP contribution >= 0.6 is 11.8 Å². The topological polar surface area (TPSA) is 39.2 Å². The van der Waals surface area contributed by atoms with Gasteiger partial charge < -0.3 is 4.74 Å². The predicted molar refractivity (Wildman–Crippen MR) is 81.7 cm³/mol. The summed E-state index contributed by atoms with van der Waals surface area (Å²) in [5.74, 6) is -0.308. The van der Waals surface area contributed by atoms with Gasteiger partial charge in [-0.15, -0.1) is 0 Å². The van der Waals surface area contributed by atoms with E-state index in [2.05, 4.69) is 4.98 Å². The molecule has 0 saturated carbocycles. The summed E-state index contributed by atoms with van der Waals surface area (Å²) in [4.78, 5) is 16.4. The number of ketones is 1. The van der Waals surface area contributed by atoms with Gasteiger partial charge in [0.15, 0.2) is 17.3 Å². The molecular formula is C16H16FNO2S. The number of aromatic nitrogens is 1. The van der Waals surface area contributed by atoms with E-state index in [0.29, 0.717) is 5.56 Å². The monoisotopic (exact) mass is 305 g/mol. The van der Waals surface area contributed by atoms with E-state index in [1.54, 1.807) is 6.07 Å². The van der Waals surface area contributed by atoms with Gasteiger partial charge in [-0.05, 0) is 49.7 Å². The summed E-state index contributed by atoms with van der Waals surface area (Å²) < 4.78 is 18.4. The summed E-state index contributed by atoms with van der Waals surface area (Å²) in [6.45, 7) is 3.90. The number of carbonyl (C=O) groups is 1. The van der Waals surface area contributed by atoms with E-state index in [1.165, 1.54) is 31.0 Å². The first-order valence-electron chi connectivity index (χ1n) is 6.44. The van der Waals surface area contributed by atoms with Gasteiger partial charge in [0.05, 0.1) is 17.9 Å². The summed E-state index contributed by atoms with van der Waals surface area (Å²) in [5, 5.41) is 0.801. The average Bonchev–Trinajstić information content (AvgIpc) is 2.43. The molecule has 0 N–H and O–H groups in total. The van der Waals surface area contributed by atoms with Crippen molar-refractivity contribution in [2.45, 2.75) is 18.9 Å². The molecule has 0 spiro atoms. The van der Waals surface area contributed by atoms with Gasteiger partial charge in [-0.25, -0.2) is 9.37 Å². The molecule has 0 aliphatic heterocycles. The van der Waals surface area contributed by atoms with E-state index in [9.17, 15) is 9.18 Å². The molecule has 110 valence electrons. The number of pyridine rings is 1. The minimum Gasteiger partial charge on any atom is -0.494 e. The Bertz CT molecular complexity index is 653. The fraction of sp³-hybridized carbons (Fsp3) is 0.250. The Kier molecular flexibility index (Phi) is 4.96. The summed E-state index contributed by atoms with van der Waals surface area (Å²) in [5.41, 5.74) is 2.36. The number of methoxy groups -OCH3 is 1. The molecule has 2 aromatic rings. The lowest BCUT2D eigenvalue weighted by Crippen LogP contribution is -2.04. The van der Waals surface area contributed by atoms with Gasteiger partial charge in [0.25, 0.3) is 0 Å². The first kappa shape index (κ1) is 15.5. The number of halogens is 1. The highest BCUT2D eigenvalue weighted by Crippen LogP contribution is 2.22. The van der Waals surface area contributed by atoms with E-state index >= 15 is 0 Å². The van der Waals surface area contributed by atoms with Gasteiger partial charge in [0.1, 0.15) is 0 Å². The third-order valence-electron chi connectivity index (χ3n) is 2.90. The smallest absolute Gasteiger partial charge is 0.173 e. The number of carbonyl (C=O) groups excluding carboxylic acids is 1. The van der Waals surface area contributed by atoms with Crippen molar-refractivity contribution in [2.75, 3.05) is 12.9 Å². The van der Waals surface area contributed by atoms with Crippen LogP contribution in [0.5, 0.6) is 5.75 Å². The van der Waals surface area contributed by atoms with Crippen LogP contribution in [0.25, 0.3) is 0 Å². The fourth-order valence-electron chi connectivity index (χ4n) is 1.94. The van der Waals surface area contributed by atoms with Crippen molar-refractivity contribution in [2.24, 2.45) is 0 Å². The lowest BCUT2D eigenvalue weighted by atomic mass is 10.1. The third kappa shape index (κ3) is 4.04. The Labute approximate surface area is 127 Å². The van der Waals surface area contributed by atoms with Gasteiger partial charge >= 0.3 is 0 Å². The summed E-state index contributed by atoms with van der Waals surface area (Å²) in [6.07, 6.45) is 0. The normalized spacial score (nSPS) is 10.5. The molecule has 1 heterocycles. The first-order chi connectivity index (χ1) is 9.99. The number of hydrogen-bond acceptors (Lipinski definition) is 4. The maximum atomic E-state index is 13.6. The van der Waals surface area contributed by atoms with Crippen LogP contribution in [0.3, 0.4) is 0 Å². The van der Waals surface area contributed by atoms with Crippen LogP contribution in [0.1, 0.15) is 21.6 Å². The van der Waals surface area contributed by atoms with E-state index in [0.717, 1.165) is 16.3 Å².